The Balaban J connectivity index is 2.00. The Labute approximate surface area is 121 Å². The lowest BCUT2D eigenvalue weighted by molar-refractivity contribution is -0.0713. The van der Waals surface area contributed by atoms with Crippen LogP contribution in [-0.2, 0) is 11.2 Å². The molecule has 0 unspecified atom stereocenters. The van der Waals surface area contributed by atoms with E-state index in [1.807, 2.05) is 0 Å². The molecule has 0 saturated heterocycles. The van der Waals surface area contributed by atoms with Crippen molar-refractivity contribution in [3.05, 3.63) is 35.5 Å². The van der Waals surface area contributed by atoms with Crippen molar-refractivity contribution in [3.8, 4) is 11.1 Å². The number of ether oxygens (including phenoxy) is 1. The first-order chi connectivity index (χ1) is 10.0. The maximum absolute atomic E-state index is 13.4. The number of hydrogen-bond donors (Lipinski definition) is 2. The van der Waals surface area contributed by atoms with Crippen LogP contribution in [0.25, 0.3) is 11.1 Å². The number of nitrogens with zero attached hydrogens (tertiary/aromatic N) is 1. The Morgan fingerprint density at radius 2 is 1.95 bits per heavy atom. The zero-order valence-electron chi connectivity index (χ0n) is 11.7. The number of nitrogen functional groups attached to an aromatic ring is 1. The van der Waals surface area contributed by atoms with Crippen LogP contribution in [0.2, 0.25) is 0 Å². The lowest BCUT2D eigenvalue weighted by atomic mass is 9.76. The molecule has 0 radical (unpaired) electrons. The van der Waals surface area contributed by atoms with E-state index >= 15 is 0 Å². The Morgan fingerprint density at radius 3 is 2.48 bits per heavy atom. The highest BCUT2D eigenvalue weighted by Crippen LogP contribution is 2.40. The minimum absolute atomic E-state index is 0.223. The Morgan fingerprint density at radius 1 is 1.29 bits per heavy atom. The number of hydrogen-bond acceptors (Lipinski definition) is 3. The highest BCUT2D eigenvalue weighted by Gasteiger charge is 2.38. The van der Waals surface area contributed by atoms with Crippen molar-refractivity contribution in [2.75, 3.05) is 12.8 Å². The summed E-state index contributed by atoms with van der Waals surface area (Å²) in [7, 11) is 1.68. The van der Waals surface area contributed by atoms with E-state index in [0.29, 0.717) is 17.5 Å². The zero-order valence-corrected chi connectivity index (χ0v) is 11.7. The summed E-state index contributed by atoms with van der Waals surface area (Å²) in [5.74, 6) is -1.04. The first-order valence-electron chi connectivity index (χ1n) is 6.87. The molecule has 1 aliphatic carbocycles. The van der Waals surface area contributed by atoms with Crippen molar-refractivity contribution >= 4 is 5.82 Å². The van der Waals surface area contributed by atoms with Crippen LogP contribution in [0.3, 0.4) is 0 Å². The summed E-state index contributed by atoms with van der Waals surface area (Å²) in [6, 6.07) is 3.35. The number of nitrogens with two attached hydrogens (primary N) is 1. The molecule has 2 aromatic rings. The zero-order chi connectivity index (χ0) is 15.0. The van der Waals surface area contributed by atoms with Gasteiger partial charge >= 0.3 is 0 Å². The van der Waals surface area contributed by atoms with Crippen LogP contribution < -0.4 is 5.73 Å². The summed E-state index contributed by atoms with van der Waals surface area (Å²) in [6.45, 7) is 0. The third-order valence-corrected chi connectivity index (χ3v) is 4.22. The van der Waals surface area contributed by atoms with Gasteiger partial charge in [0.25, 0.3) is 0 Å². The molecule has 0 bridgehead atoms. The van der Waals surface area contributed by atoms with Gasteiger partial charge in [-0.3, -0.25) is 5.10 Å². The predicted molar refractivity (Wildman–Crippen MR) is 75.6 cm³/mol. The molecule has 4 nitrogen and oxygen atoms in total. The van der Waals surface area contributed by atoms with Crippen LogP contribution >= 0.6 is 0 Å². The molecule has 1 aliphatic rings. The summed E-state index contributed by atoms with van der Waals surface area (Å²) in [4.78, 5) is 0. The molecule has 21 heavy (non-hydrogen) atoms. The van der Waals surface area contributed by atoms with Gasteiger partial charge in [0, 0.05) is 30.9 Å². The molecule has 0 aliphatic heterocycles. The van der Waals surface area contributed by atoms with Gasteiger partial charge in [-0.1, -0.05) is 0 Å². The first-order valence-corrected chi connectivity index (χ1v) is 6.87. The number of benzene rings is 1. The van der Waals surface area contributed by atoms with Crippen molar-refractivity contribution in [2.24, 2.45) is 0 Å². The van der Waals surface area contributed by atoms with E-state index in [1.54, 1.807) is 7.11 Å². The molecule has 1 saturated carbocycles. The van der Waals surface area contributed by atoms with Gasteiger partial charge in [0.1, 0.15) is 11.6 Å². The highest BCUT2D eigenvalue weighted by atomic mass is 19.1. The van der Waals surface area contributed by atoms with Crippen LogP contribution in [0.15, 0.2) is 18.2 Å². The fourth-order valence-corrected chi connectivity index (χ4v) is 2.89. The van der Waals surface area contributed by atoms with E-state index in [9.17, 15) is 8.78 Å². The van der Waals surface area contributed by atoms with Crippen LogP contribution in [0.1, 0.15) is 25.0 Å². The average molecular weight is 293 g/mol. The van der Waals surface area contributed by atoms with E-state index in [2.05, 4.69) is 10.2 Å². The molecule has 3 N–H and O–H groups in total. The molecule has 1 aromatic heterocycles. The van der Waals surface area contributed by atoms with E-state index in [1.165, 1.54) is 12.1 Å². The van der Waals surface area contributed by atoms with Gasteiger partial charge in [-0.2, -0.15) is 5.10 Å². The molecule has 1 aromatic carbocycles. The number of methoxy groups -OCH3 is 1. The summed E-state index contributed by atoms with van der Waals surface area (Å²) in [5, 5.41) is 6.85. The number of H-pyrrole nitrogens is 1. The number of halogens is 2. The third-order valence-electron chi connectivity index (χ3n) is 4.22. The summed E-state index contributed by atoms with van der Waals surface area (Å²) < 4.78 is 32.4. The van der Waals surface area contributed by atoms with Gasteiger partial charge in [-0.05, 0) is 37.0 Å². The molecule has 6 heteroatoms. The Kier molecular flexibility index (Phi) is 3.41. The standard InChI is InChI=1S/C15H17F2N3O/c1-21-15(3-2-4-15)8-12-13(14(18)20-19-12)9-5-10(16)7-11(17)6-9/h5-7H,2-4,8H2,1H3,(H3,18,19,20). The average Bonchev–Trinajstić information content (AvgIpc) is 2.73. The van der Waals surface area contributed by atoms with Crippen molar-refractivity contribution < 1.29 is 13.5 Å². The lowest BCUT2D eigenvalue weighted by Crippen LogP contribution is -2.41. The van der Waals surface area contributed by atoms with Crippen LogP contribution in [-0.4, -0.2) is 22.9 Å². The smallest absolute Gasteiger partial charge is 0.153 e. The molecule has 1 fully saturated rings. The Hall–Kier alpha value is -1.95. The van der Waals surface area contributed by atoms with E-state index in [4.69, 9.17) is 10.5 Å². The van der Waals surface area contributed by atoms with Gasteiger partial charge in [0.2, 0.25) is 0 Å². The predicted octanol–water partition coefficient (Wildman–Crippen LogP) is 3.05. The van der Waals surface area contributed by atoms with Crippen LogP contribution in [0.4, 0.5) is 14.6 Å². The molecular weight excluding hydrogens is 276 g/mol. The normalized spacial score (nSPS) is 16.7. The van der Waals surface area contributed by atoms with Crippen molar-refractivity contribution in [3.63, 3.8) is 0 Å². The second-order valence-corrected chi connectivity index (χ2v) is 5.54. The van der Waals surface area contributed by atoms with Crippen molar-refractivity contribution in [1.29, 1.82) is 0 Å². The number of aromatic nitrogens is 2. The minimum Gasteiger partial charge on any atom is -0.382 e. The van der Waals surface area contributed by atoms with Crippen molar-refractivity contribution in [2.45, 2.75) is 31.3 Å². The van der Waals surface area contributed by atoms with E-state index < -0.39 is 11.6 Å². The van der Waals surface area contributed by atoms with E-state index in [0.717, 1.165) is 31.0 Å². The number of nitrogens with one attached hydrogen (secondary N) is 1. The number of anilines is 1. The Bertz CT molecular complexity index is 639. The monoisotopic (exact) mass is 293 g/mol. The van der Waals surface area contributed by atoms with Gasteiger partial charge in [-0.25, -0.2) is 8.78 Å². The van der Waals surface area contributed by atoms with Crippen LogP contribution in [0, 0.1) is 11.6 Å². The van der Waals surface area contributed by atoms with Gasteiger partial charge in [0.05, 0.1) is 5.60 Å². The fraction of sp³-hybridized carbons (Fsp3) is 0.400. The first kappa shape index (κ1) is 14.0. The quantitative estimate of drug-likeness (QED) is 0.910. The summed E-state index contributed by atoms with van der Waals surface area (Å²) in [5.41, 5.74) is 7.33. The second-order valence-electron chi connectivity index (χ2n) is 5.54. The SMILES string of the molecule is COC1(Cc2[nH]nc(N)c2-c2cc(F)cc(F)c2)CCC1. The molecule has 3 rings (SSSR count). The lowest BCUT2D eigenvalue weighted by Gasteiger charge is -2.40. The highest BCUT2D eigenvalue weighted by molar-refractivity contribution is 5.76. The molecule has 0 atom stereocenters. The maximum atomic E-state index is 13.4. The molecule has 0 spiro atoms. The summed E-state index contributed by atoms with van der Waals surface area (Å²) >= 11 is 0. The van der Waals surface area contributed by atoms with E-state index in [-0.39, 0.29) is 11.4 Å². The van der Waals surface area contributed by atoms with Gasteiger partial charge in [-0.15, -0.1) is 0 Å². The molecular formula is C15H17F2N3O. The topological polar surface area (TPSA) is 63.9 Å². The molecule has 0 amide bonds. The van der Waals surface area contributed by atoms with Gasteiger partial charge in [0.15, 0.2) is 5.82 Å². The number of aromatic amines is 1. The maximum Gasteiger partial charge on any atom is 0.153 e. The fourth-order valence-electron chi connectivity index (χ4n) is 2.89. The molecule has 1 heterocycles. The third kappa shape index (κ3) is 2.51. The van der Waals surface area contributed by atoms with Gasteiger partial charge < -0.3 is 10.5 Å². The number of rotatable bonds is 4. The van der Waals surface area contributed by atoms with Crippen LogP contribution in [0.5, 0.6) is 0 Å². The largest absolute Gasteiger partial charge is 0.382 e. The molecule has 112 valence electrons. The second kappa shape index (κ2) is 5.11. The van der Waals surface area contributed by atoms with Crippen molar-refractivity contribution in [1.82, 2.24) is 10.2 Å². The summed E-state index contributed by atoms with van der Waals surface area (Å²) in [6.07, 6.45) is 3.63. The minimum atomic E-state index is -0.637.